The fraction of sp³-hybridized carbons (Fsp3) is 0.400. The summed E-state index contributed by atoms with van der Waals surface area (Å²) in [7, 11) is 0. The number of carbonyl (C=O) groups excluding carboxylic acids is 1. The predicted octanol–water partition coefficient (Wildman–Crippen LogP) is 3.53. The van der Waals surface area contributed by atoms with Crippen LogP contribution in [-0.2, 0) is 6.42 Å². The van der Waals surface area contributed by atoms with Crippen LogP contribution in [0.2, 0.25) is 0 Å². The zero-order valence-corrected chi connectivity index (χ0v) is 14.7. The average molecular weight is 354 g/mol. The summed E-state index contributed by atoms with van der Waals surface area (Å²) in [5, 5.41) is 2.64. The van der Waals surface area contributed by atoms with Crippen molar-refractivity contribution in [2.75, 3.05) is 36.4 Å². The molecule has 1 aromatic heterocycles. The first-order valence-corrected chi connectivity index (χ1v) is 9.19. The largest absolute Gasteiger partial charge is 0.371 e. The van der Waals surface area contributed by atoms with Crippen LogP contribution in [0.3, 0.4) is 0 Å². The lowest BCUT2D eigenvalue weighted by Crippen LogP contribution is -2.43. The maximum atomic E-state index is 13.6. The number of urea groups is 1. The summed E-state index contributed by atoms with van der Waals surface area (Å²) < 4.78 is 13.6. The number of para-hydroxylation sites is 1. The highest BCUT2D eigenvalue weighted by Crippen LogP contribution is 2.30. The minimum Gasteiger partial charge on any atom is -0.371 e. The number of likely N-dealkylation sites (tertiary alicyclic amines) is 1. The van der Waals surface area contributed by atoms with E-state index in [1.807, 2.05) is 0 Å². The molecule has 0 aliphatic carbocycles. The molecule has 5 nitrogen and oxygen atoms in total. The molecule has 2 aromatic rings. The zero-order valence-electron chi connectivity index (χ0n) is 14.7. The second-order valence-electron chi connectivity index (χ2n) is 7.04. The third kappa shape index (κ3) is 3.49. The molecule has 1 saturated heterocycles. The highest BCUT2D eigenvalue weighted by Gasteiger charge is 2.27. The van der Waals surface area contributed by atoms with Gasteiger partial charge < -0.3 is 15.1 Å². The SMILES string of the molecule is O=C(Nc1ccncc1F)N1CCC(CN2CCc3ccccc32)CC1. The topological polar surface area (TPSA) is 48.5 Å². The molecule has 6 heteroatoms. The Morgan fingerprint density at radius 3 is 2.81 bits per heavy atom. The maximum Gasteiger partial charge on any atom is 0.321 e. The number of benzene rings is 1. The Morgan fingerprint density at radius 2 is 2.00 bits per heavy atom. The van der Waals surface area contributed by atoms with E-state index in [9.17, 15) is 9.18 Å². The summed E-state index contributed by atoms with van der Waals surface area (Å²) in [5.74, 6) is 0.0753. The minimum atomic E-state index is -0.511. The number of aromatic nitrogens is 1. The standard InChI is InChI=1S/C20H23FN4O/c21-17-13-22-9-5-18(17)23-20(26)24-10-6-15(7-11-24)14-25-12-8-16-3-1-2-4-19(16)25/h1-5,9,13,15H,6-8,10-12,14H2,(H,22,23,26). The van der Waals surface area contributed by atoms with Crippen LogP contribution in [0.1, 0.15) is 18.4 Å². The molecule has 0 atom stereocenters. The molecule has 1 aromatic carbocycles. The number of amides is 2. The van der Waals surface area contributed by atoms with Gasteiger partial charge >= 0.3 is 6.03 Å². The first kappa shape index (κ1) is 16.8. The number of pyridine rings is 1. The van der Waals surface area contributed by atoms with Gasteiger partial charge in [-0.05, 0) is 42.9 Å². The number of hydrogen-bond acceptors (Lipinski definition) is 3. The molecular formula is C20H23FN4O. The Labute approximate surface area is 152 Å². The van der Waals surface area contributed by atoms with Gasteiger partial charge in [-0.2, -0.15) is 0 Å². The van der Waals surface area contributed by atoms with Crippen molar-refractivity contribution in [3.05, 3.63) is 54.1 Å². The van der Waals surface area contributed by atoms with Gasteiger partial charge in [-0.15, -0.1) is 0 Å². The first-order chi connectivity index (χ1) is 12.7. The number of nitrogens with one attached hydrogen (secondary N) is 1. The normalized spacial score (nSPS) is 17.3. The lowest BCUT2D eigenvalue weighted by molar-refractivity contribution is 0.183. The van der Waals surface area contributed by atoms with E-state index < -0.39 is 5.82 Å². The molecule has 136 valence electrons. The van der Waals surface area contributed by atoms with Gasteiger partial charge in [0.1, 0.15) is 0 Å². The van der Waals surface area contributed by atoms with Crippen LogP contribution >= 0.6 is 0 Å². The molecule has 2 amide bonds. The van der Waals surface area contributed by atoms with Gasteiger partial charge in [0.2, 0.25) is 0 Å². The molecule has 0 bridgehead atoms. The number of rotatable bonds is 3. The Morgan fingerprint density at radius 1 is 1.19 bits per heavy atom. The molecule has 1 N–H and O–H groups in total. The highest BCUT2D eigenvalue weighted by atomic mass is 19.1. The Balaban J connectivity index is 1.29. The van der Waals surface area contributed by atoms with E-state index >= 15 is 0 Å². The lowest BCUT2D eigenvalue weighted by Gasteiger charge is -2.34. The van der Waals surface area contributed by atoms with E-state index in [1.165, 1.54) is 23.5 Å². The third-order valence-corrected chi connectivity index (χ3v) is 5.38. The predicted molar refractivity (Wildman–Crippen MR) is 99.9 cm³/mol. The van der Waals surface area contributed by atoms with Crippen LogP contribution < -0.4 is 10.2 Å². The maximum absolute atomic E-state index is 13.6. The molecule has 2 aliphatic heterocycles. The smallest absolute Gasteiger partial charge is 0.321 e. The Bertz CT molecular complexity index is 789. The molecule has 26 heavy (non-hydrogen) atoms. The second kappa shape index (κ2) is 7.32. The van der Waals surface area contributed by atoms with Crippen LogP contribution in [0, 0.1) is 11.7 Å². The van der Waals surface area contributed by atoms with Crippen molar-refractivity contribution >= 4 is 17.4 Å². The van der Waals surface area contributed by atoms with E-state index in [1.54, 1.807) is 4.90 Å². The number of fused-ring (bicyclic) bond motifs is 1. The van der Waals surface area contributed by atoms with E-state index in [-0.39, 0.29) is 11.7 Å². The summed E-state index contributed by atoms with van der Waals surface area (Å²) in [4.78, 5) is 20.3. The molecule has 3 heterocycles. The molecule has 4 rings (SSSR count). The van der Waals surface area contributed by atoms with Crippen LogP contribution in [0.4, 0.5) is 20.6 Å². The van der Waals surface area contributed by atoms with Crippen molar-refractivity contribution < 1.29 is 9.18 Å². The van der Waals surface area contributed by atoms with Gasteiger partial charge in [-0.1, -0.05) is 18.2 Å². The number of halogens is 1. The molecular weight excluding hydrogens is 331 g/mol. The van der Waals surface area contributed by atoms with Crippen molar-refractivity contribution in [2.24, 2.45) is 5.92 Å². The van der Waals surface area contributed by atoms with Gasteiger partial charge in [0.15, 0.2) is 5.82 Å². The number of anilines is 2. The fourth-order valence-electron chi connectivity index (χ4n) is 3.90. The first-order valence-electron chi connectivity index (χ1n) is 9.19. The molecule has 0 saturated carbocycles. The Hall–Kier alpha value is -2.63. The number of piperidine rings is 1. The molecule has 2 aliphatic rings. The van der Waals surface area contributed by atoms with Gasteiger partial charge in [0, 0.05) is 38.1 Å². The van der Waals surface area contributed by atoms with Gasteiger partial charge in [0.05, 0.1) is 11.9 Å². The lowest BCUT2D eigenvalue weighted by atomic mass is 9.96. The molecule has 0 spiro atoms. The average Bonchev–Trinajstić information content (AvgIpc) is 3.07. The van der Waals surface area contributed by atoms with Crippen molar-refractivity contribution in [2.45, 2.75) is 19.3 Å². The summed E-state index contributed by atoms with van der Waals surface area (Å²) >= 11 is 0. The van der Waals surface area contributed by atoms with Gasteiger partial charge in [0.25, 0.3) is 0 Å². The number of nitrogens with zero attached hydrogens (tertiary/aromatic N) is 3. The zero-order chi connectivity index (χ0) is 17.9. The minimum absolute atomic E-state index is 0.181. The van der Waals surface area contributed by atoms with Crippen molar-refractivity contribution in [3.8, 4) is 0 Å². The van der Waals surface area contributed by atoms with Crippen LogP contribution in [-0.4, -0.2) is 42.1 Å². The second-order valence-corrected chi connectivity index (χ2v) is 7.04. The van der Waals surface area contributed by atoms with Crippen molar-refractivity contribution in [1.82, 2.24) is 9.88 Å². The number of hydrogen-bond donors (Lipinski definition) is 1. The molecule has 1 fully saturated rings. The molecule has 0 unspecified atom stereocenters. The summed E-state index contributed by atoms with van der Waals surface area (Å²) in [6.45, 7) is 3.55. The van der Waals surface area contributed by atoms with E-state index in [2.05, 4.69) is 39.5 Å². The van der Waals surface area contributed by atoms with Gasteiger partial charge in [-0.25, -0.2) is 9.18 Å². The van der Waals surface area contributed by atoms with Gasteiger partial charge in [-0.3, -0.25) is 4.98 Å². The van der Waals surface area contributed by atoms with Crippen LogP contribution in [0.25, 0.3) is 0 Å². The summed E-state index contributed by atoms with van der Waals surface area (Å²) in [5.41, 5.74) is 2.98. The fourth-order valence-corrected chi connectivity index (χ4v) is 3.90. The highest BCUT2D eigenvalue weighted by molar-refractivity contribution is 5.89. The monoisotopic (exact) mass is 354 g/mol. The van der Waals surface area contributed by atoms with Crippen molar-refractivity contribution in [1.29, 1.82) is 0 Å². The summed E-state index contributed by atoms with van der Waals surface area (Å²) in [6.07, 6.45) is 5.65. The third-order valence-electron chi connectivity index (χ3n) is 5.38. The van der Waals surface area contributed by atoms with E-state index in [0.717, 1.165) is 38.5 Å². The quantitative estimate of drug-likeness (QED) is 0.917. The van der Waals surface area contributed by atoms with Crippen molar-refractivity contribution in [3.63, 3.8) is 0 Å². The summed E-state index contributed by atoms with van der Waals surface area (Å²) in [6, 6.07) is 9.85. The van der Waals surface area contributed by atoms with E-state index in [4.69, 9.17) is 0 Å². The number of carbonyl (C=O) groups is 1. The van der Waals surface area contributed by atoms with Crippen LogP contribution in [0.15, 0.2) is 42.7 Å². The molecule has 0 radical (unpaired) electrons. The van der Waals surface area contributed by atoms with E-state index in [0.29, 0.717) is 19.0 Å². The van der Waals surface area contributed by atoms with Crippen LogP contribution in [0.5, 0.6) is 0 Å². The Kier molecular flexibility index (Phi) is 4.73.